The third kappa shape index (κ3) is 5.80. The van der Waals surface area contributed by atoms with Crippen LogP contribution in [0.5, 0.6) is 0 Å². The lowest BCUT2D eigenvalue weighted by molar-refractivity contribution is -0.385. The normalized spacial score (nSPS) is 15.3. The summed E-state index contributed by atoms with van der Waals surface area (Å²) < 4.78 is 1.45. The molecule has 1 N–H and O–H groups in total. The van der Waals surface area contributed by atoms with Crippen molar-refractivity contribution in [2.75, 3.05) is 26.7 Å². The Hall–Kier alpha value is -1.67. The Morgan fingerprint density at radius 3 is 2.74 bits per heavy atom. The lowest BCUT2D eigenvalue weighted by Gasteiger charge is -2.32. The number of nitrogens with zero attached hydrogens (tertiary/aromatic N) is 4. The molecule has 0 aliphatic carbocycles. The van der Waals surface area contributed by atoms with Crippen molar-refractivity contribution in [3.05, 3.63) is 22.5 Å². The molecule has 1 aliphatic rings. The van der Waals surface area contributed by atoms with Gasteiger partial charge in [0.15, 0.2) is 0 Å². The number of piperidine rings is 1. The molecule has 1 fully saturated rings. The van der Waals surface area contributed by atoms with E-state index in [2.05, 4.69) is 10.4 Å². The minimum atomic E-state index is -0.485. The van der Waals surface area contributed by atoms with E-state index in [4.69, 9.17) is 0 Å². The molecule has 0 spiro atoms. The number of amides is 1. The van der Waals surface area contributed by atoms with Crippen molar-refractivity contribution in [3.8, 4) is 0 Å². The molecule has 0 bridgehead atoms. The topological polar surface area (TPSA) is 93.3 Å². The Labute approximate surface area is 141 Å². The van der Waals surface area contributed by atoms with Gasteiger partial charge in [-0.15, -0.1) is 12.4 Å². The van der Waals surface area contributed by atoms with Crippen LogP contribution < -0.4 is 5.32 Å². The highest BCUT2D eigenvalue weighted by Gasteiger charge is 2.22. The van der Waals surface area contributed by atoms with Crippen molar-refractivity contribution in [3.63, 3.8) is 0 Å². The van der Waals surface area contributed by atoms with Crippen LogP contribution >= 0.6 is 12.4 Å². The van der Waals surface area contributed by atoms with Crippen molar-refractivity contribution in [2.45, 2.75) is 32.2 Å². The summed E-state index contributed by atoms with van der Waals surface area (Å²) in [5, 5.41) is 17.6. The lowest BCUT2D eigenvalue weighted by atomic mass is 9.93. The molecule has 9 heteroatoms. The Bertz CT molecular complexity index is 514. The van der Waals surface area contributed by atoms with Crippen LogP contribution in [0.3, 0.4) is 0 Å². The van der Waals surface area contributed by atoms with E-state index in [9.17, 15) is 14.9 Å². The van der Waals surface area contributed by atoms with Gasteiger partial charge in [-0.05, 0) is 38.8 Å². The maximum atomic E-state index is 12.2. The average molecular weight is 346 g/mol. The van der Waals surface area contributed by atoms with Crippen molar-refractivity contribution in [2.24, 2.45) is 5.92 Å². The molecule has 0 aromatic carbocycles. The second kappa shape index (κ2) is 9.46. The first-order chi connectivity index (χ1) is 10.6. The average Bonchev–Trinajstić information content (AvgIpc) is 3.00. The molecular formula is C14H24ClN5O3. The quantitative estimate of drug-likeness (QED) is 0.596. The SMILES string of the molecule is CNCCC1CCN(C(=O)CCn2cc([N+](=O)[O-])cn2)CC1.Cl. The number of aryl methyl sites for hydroxylation is 1. The van der Waals surface area contributed by atoms with Gasteiger partial charge in [-0.3, -0.25) is 19.6 Å². The van der Waals surface area contributed by atoms with E-state index in [1.165, 1.54) is 17.1 Å². The van der Waals surface area contributed by atoms with Crippen molar-refractivity contribution in [1.29, 1.82) is 0 Å². The minimum Gasteiger partial charge on any atom is -0.343 e. The zero-order chi connectivity index (χ0) is 15.9. The molecule has 1 aromatic rings. The van der Waals surface area contributed by atoms with Crippen LogP contribution in [0.2, 0.25) is 0 Å². The monoisotopic (exact) mass is 345 g/mol. The summed E-state index contributed by atoms with van der Waals surface area (Å²) in [6.07, 6.45) is 6.17. The molecule has 1 saturated heterocycles. The molecular weight excluding hydrogens is 322 g/mol. The molecule has 0 saturated carbocycles. The molecule has 23 heavy (non-hydrogen) atoms. The molecule has 1 aliphatic heterocycles. The number of nitro groups is 1. The van der Waals surface area contributed by atoms with E-state index in [1.807, 2.05) is 11.9 Å². The van der Waals surface area contributed by atoms with Gasteiger partial charge in [0.2, 0.25) is 5.91 Å². The second-order valence-corrected chi connectivity index (χ2v) is 5.69. The van der Waals surface area contributed by atoms with E-state index in [-0.39, 0.29) is 24.0 Å². The first-order valence-corrected chi connectivity index (χ1v) is 7.69. The number of rotatable bonds is 7. The number of hydrogen-bond acceptors (Lipinski definition) is 5. The van der Waals surface area contributed by atoms with Crippen molar-refractivity contribution < 1.29 is 9.72 Å². The number of carbonyl (C=O) groups excluding carboxylic acids is 1. The minimum absolute atomic E-state index is 0. The standard InChI is InChI=1S/C14H23N5O3.ClH/c1-15-6-2-12-3-7-17(8-4-12)14(20)5-9-18-11-13(10-16-18)19(21)22;/h10-12,15H,2-9H2,1H3;1H. The predicted molar refractivity (Wildman–Crippen MR) is 88.6 cm³/mol. The number of aromatic nitrogens is 2. The molecule has 1 amide bonds. The van der Waals surface area contributed by atoms with Crippen LogP contribution in [-0.2, 0) is 11.3 Å². The van der Waals surface area contributed by atoms with Gasteiger partial charge >= 0.3 is 5.69 Å². The number of nitrogens with one attached hydrogen (secondary N) is 1. The highest BCUT2D eigenvalue weighted by molar-refractivity contribution is 5.85. The Morgan fingerprint density at radius 2 is 2.17 bits per heavy atom. The fraction of sp³-hybridized carbons (Fsp3) is 0.714. The molecule has 2 rings (SSSR count). The summed E-state index contributed by atoms with van der Waals surface area (Å²) >= 11 is 0. The molecule has 0 unspecified atom stereocenters. The van der Waals surface area contributed by atoms with Gasteiger partial charge in [0.25, 0.3) is 0 Å². The van der Waals surface area contributed by atoms with E-state index < -0.39 is 4.92 Å². The van der Waals surface area contributed by atoms with Crippen LogP contribution in [0.25, 0.3) is 0 Å². The summed E-state index contributed by atoms with van der Waals surface area (Å²) in [5.74, 6) is 0.801. The summed E-state index contributed by atoms with van der Waals surface area (Å²) in [7, 11) is 1.96. The van der Waals surface area contributed by atoms with Gasteiger partial charge in [0, 0.05) is 26.1 Å². The van der Waals surface area contributed by atoms with Crippen molar-refractivity contribution in [1.82, 2.24) is 20.0 Å². The molecule has 0 atom stereocenters. The number of likely N-dealkylation sites (tertiary alicyclic amines) is 1. The molecule has 8 nitrogen and oxygen atoms in total. The van der Waals surface area contributed by atoms with Gasteiger partial charge in [0.1, 0.15) is 12.4 Å². The van der Waals surface area contributed by atoms with Gasteiger partial charge in [0.05, 0.1) is 4.92 Å². The number of hydrogen-bond donors (Lipinski definition) is 1. The van der Waals surface area contributed by atoms with E-state index in [1.54, 1.807) is 0 Å². The third-order valence-corrected chi connectivity index (χ3v) is 4.16. The maximum Gasteiger partial charge on any atom is 0.306 e. The first-order valence-electron chi connectivity index (χ1n) is 7.69. The summed E-state index contributed by atoms with van der Waals surface area (Å²) in [4.78, 5) is 24.2. The van der Waals surface area contributed by atoms with Gasteiger partial charge in [-0.25, -0.2) is 0 Å². The van der Waals surface area contributed by atoms with E-state index >= 15 is 0 Å². The van der Waals surface area contributed by atoms with Gasteiger partial charge < -0.3 is 10.2 Å². The van der Waals surface area contributed by atoms with Crippen molar-refractivity contribution >= 4 is 24.0 Å². The molecule has 2 heterocycles. The van der Waals surface area contributed by atoms with Crippen LogP contribution in [0.15, 0.2) is 12.4 Å². The summed E-state index contributed by atoms with van der Waals surface area (Å²) in [6.45, 7) is 3.03. The molecule has 130 valence electrons. The Morgan fingerprint density at radius 1 is 1.48 bits per heavy atom. The second-order valence-electron chi connectivity index (χ2n) is 5.69. The molecule has 1 aromatic heterocycles. The number of halogens is 1. The van der Waals surface area contributed by atoms with Gasteiger partial charge in [-0.2, -0.15) is 5.10 Å². The zero-order valence-electron chi connectivity index (χ0n) is 13.3. The first kappa shape index (κ1) is 19.4. The Kier molecular flexibility index (Phi) is 7.97. The third-order valence-electron chi connectivity index (χ3n) is 4.16. The fourth-order valence-corrected chi connectivity index (χ4v) is 2.76. The maximum absolute atomic E-state index is 12.2. The fourth-order valence-electron chi connectivity index (χ4n) is 2.76. The predicted octanol–water partition coefficient (Wildman–Crippen LogP) is 1.45. The smallest absolute Gasteiger partial charge is 0.306 e. The van der Waals surface area contributed by atoms with E-state index in [0.29, 0.717) is 18.9 Å². The highest BCUT2D eigenvalue weighted by Crippen LogP contribution is 2.20. The van der Waals surface area contributed by atoms with Crippen LogP contribution in [0.4, 0.5) is 5.69 Å². The molecule has 0 radical (unpaired) electrons. The number of carbonyl (C=O) groups is 1. The summed E-state index contributed by atoms with van der Waals surface area (Å²) in [5.41, 5.74) is -0.0437. The van der Waals surface area contributed by atoms with Crippen LogP contribution in [-0.4, -0.2) is 52.2 Å². The summed E-state index contributed by atoms with van der Waals surface area (Å²) in [6, 6.07) is 0. The van der Waals surface area contributed by atoms with Crippen LogP contribution in [0.1, 0.15) is 25.7 Å². The lowest BCUT2D eigenvalue weighted by Crippen LogP contribution is -2.39. The largest absolute Gasteiger partial charge is 0.343 e. The highest BCUT2D eigenvalue weighted by atomic mass is 35.5. The van der Waals surface area contributed by atoms with Crippen LogP contribution in [0, 0.1) is 16.0 Å². The van der Waals surface area contributed by atoms with E-state index in [0.717, 1.165) is 38.9 Å². The Balaban J connectivity index is 0.00000264. The zero-order valence-corrected chi connectivity index (χ0v) is 14.1. The van der Waals surface area contributed by atoms with Gasteiger partial charge in [-0.1, -0.05) is 0 Å².